The highest BCUT2D eigenvalue weighted by atomic mass is 14.2. The first-order valence-corrected chi connectivity index (χ1v) is 4.43. The zero-order valence-corrected chi connectivity index (χ0v) is 7.34. The number of allylic oxidation sites excluding steroid dienone is 2. The Morgan fingerprint density at radius 2 is 2.00 bits per heavy atom. The van der Waals surface area contributed by atoms with Gasteiger partial charge in [-0.2, -0.15) is 5.26 Å². The normalized spacial score (nSPS) is 10.2. The van der Waals surface area contributed by atoms with Gasteiger partial charge in [0, 0.05) is 6.42 Å². The van der Waals surface area contributed by atoms with Crippen LogP contribution in [-0.2, 0) is 0 Å². The lowest BCUT2D eigenvalue weighted by atomic mass is 10.1. The molecule has 1 heteroatoms. The minimum atomic E-state index is 0.720. The lowest BCUT2D eigenvalue weighted by Gasteiger charge is -1.92. The molecule has 0 saturated carbocycles. The van der Waals surface area contributed by atoms with Gasteiger partial charge in [0.05, 0.1) is 6.07 Å². The van der Waals surface area contributed by atoms with Crippen LogP contribution in [0.15, 0.2) is 12.2 Å². The molecule has 0 rings (SSSR count). The van der Waals surface area contributed by atoms with E-state index in [1.165, 1.54) is 19.3 Å². The van der Waals surface area contributed by atoms with E-state index in [0.29, 0.717) is 0 Å². The Morgan fingerprint density at radius 3 is 2.64 bits per heavy atom. The summed E-state index contributed by atoms with van der Waals surface area (Å²) in [5, 5.41) is 8.24. The topological polar surface area (TPSA) is 23.8 Å². The minimum Gasteiger partial charge on any atom is -0.198 e. The molecule has 0 amide bonds. The van der Waals surface area contributed by atoms with Gasteiger partial charge >= 0.3 is 0 Å². The molecule has 0 aromatic carbocycles. The Labute approximate surface area is 69.7 Å². The van der Waals surface area contributed by atoms with Crippen molar-refractivity contribution in [2.45, 2.75) is 45.4 Å². The molecule has 0 unspecified atom stereocenters. The van der Waals surface area contributed by atoms with Crippen LogP contribution < -0.4 is 0 Å². The van der Waals surface area contributed by atoms with Crippen molar-refractivity contribution in [3.05, 3.63) is 12.2 Å². The quantitative estimate of drug-likeness (QED) is 0.421. The van der Waals surface area contributed by atoms with Gasteiger partial charge in [-0.1, -0.05) is 25.5 Å². The fourth-order valence-corrected chi connectivity index (χ4v) is 0.928. The molecule has 0 radical (unpaired) electrons. The summed E-state index contributed by atoms with van der Waals surface area (Å²) in [4.78, 5) is 0. The molecule has 0 N–H and O–H groups in total. The molecule has 11 heavy (non-hydrogen) atoms. The van der Waals surface area contributed by atoms with Crippen molar-refractivity contribution in [2.24, 2.45) is 0 Å². The van der Waals surface area contributed by atoms with E-state index in [0.717, 1.165) is 19.3 Å². The molecule has 0 bridgehead atoms. The fraction of sp³-hybridized carbons (Fsp3) is 0.700. The van der Waals surface area contributed by atoms with Crippen LogP contribution in [0.5, 0.6) is 0 Å². The molecule has 0 aromatic heterocycles. The Morgan fingerprint density at radius 1 is 1.18 bits per heavy atom. The first-order valence-electron chi connectivity index (χ1n) is 4.43. The summed E-state index contributed by atoms with van der Waals surface area (Å²) in [5.41, 5.74) is 0. The van der Waals surface area contributed by atoms with Gasteiger partial charge < -0.3 is 0 Å². The molecule has 1 nitrogen and oxygen atoms in total. The fourth-order valence-electron chi connectivity index (χ4n) is 0.928. The molecule has 0 aliphatic heterocycles. The van der Waals surface area contributed by atoms with Crippen molar-refractivity contribution in [1.29, 1.82) is 5.26 Å². The summed E-state index contributed by atoms with van der Waals surface area (Å²) in [6.45, 7) is 2.15. The second-order valence-corrected chi connectivity index (χ2v) is 2.64. The van der Waals surface area contributed by atoms with Crippen LogP contribution in [0.2, 0.25) is 0 Å². The van der Waals surface area contributed by atoms with Gasteiger partial charge in [0.1, 0.15) is 0 Å². The molecule has 0 spiro atoms. The van der Waals surface area contributed by atoms with E-state index < -0.39 is 0 Å². The monoisotopic (exact) mass is 151 g/mol. The number of unbranched alkanes of at least 4 members (excludes halogenated alkanes) is 4. The Bertz CT molecular complexity index is 130. The van der Waals surface area contributed by atoms with E-state index >= 15 is 0 Å². The maximum Gasteiger partial charge on any atom is 0.0621 e. The molecular weight excluding hydrogens is 134 g/mol. The number of hydrogen-bond donors (Lipinski definition) is 0. The molecule has 62 valence electrons. The van der Waals surface area contributed by atoms with E-state index in [-0.39, 0.29) is 0 Å². The number of nitriles is 1. The van der Waals surface area contributed by atoms with Crippen molar-refractivity contribution >= 4 is 0 Å². The van der Waals surface area contributed by atoms with Crippen LogP contribution in [0.1, 0.15) is 45.4 Å². The minimum absolute atomic E-state index is 0.720. The van der Waals surface area contributed by atoms with Crippen LogP contribution >= 0.6 is 0 Å². The van der Waals surface area contributed by atoms with Crippen molar-refractivity contribution in [3.63, 3.8) is 0 Å². The zero-order valence-electron chi connectivity index (χ0n) is 7.34. The first kappa shape index (κ1) is 10.2. The van der Waals surface area contributed by atoms with E-state index in [9.17, 15) is 0 Å². The third-order valence-electron chi connectivity index (χ3n) is 1.56. The van der Waals surface area contributed by atoms with Gasteiger partial charge in [-0.05, 0) is 25.7 Å². The van der Waals surface area contributed by atoms with E-state index in [4.69, 9.17) is 5.26 Å². The van der Waals surface area contributed by atoms with Crippen molar-refractivity contribution in [2.75, 3.05) is 0 Å². The van der Waals surface area contributed by atoms with Gasteiger partial charge in [-0.25, -0.2) is 0 Å². The Hall–Kier alpha value is -0.770. The lowest BCUT2D eigenvalue weighted by molar-refractivity contribution is 0.699. The van der Waals surface area contributed by atoms with Gasteiger partial charge in [0.15, 0.2) is 0 Å². The summed E-state index contributed by atoms with van der Waals surface area (Å²) < 4.78 is 0. The predicted octanol–water partition coefficient (Wildman–Crippen LogP) is 3.43. The highest BCUT2D eigenvalue weighted by Gasteiger charge is 1.85. The summed E-state index contributed by atoms with van der Waals surface area (Å²) >= 11 is 0. The largest absolute Gasteiger partial charge is 0.198 e. The second kappa shape index (κ2) is 9.23. The standard InChI is InChI=1S/C10H17N/c1-2-3-4-5-6-7-8-9-10-11/h3-4H,2,5-9H2,1H3. The molecule has 0 aliphatic rings. The van der Waals surface area contributed by atoms with Gasteiger partial charge in [0.2, 0.25) is 0 Å². The average molecular weight is 151 g/mol. The lowest BCUT2D eigenvalue weighted by Crippen LogP contribution is -1.74. The van der Waals surface area contributed by atoms with Crippen LogP contribution in [0, 0.1) is 11.3 Å². The van der Waals surface area contributed by atoms with Gasteiger partial charge in [0.25, 0.3) is 0 Å². The van der Waals surface area contributed by atoms with Crippen LogP contribution in [0.4, 0.5) is 0 Å². The van der Waals surface area contributed by atoms with Gasteiger partial charge in [-0.15, -0.1) is 0 Å². The van der Waals surface area contributed by atoms with E-state index in [1.807, 2.05) is 0 Å². The van der Waals surface area contributed by atoms with Gasteiger partial charge in [-0.3, -0.25) is 0 Å². The molecule has 0 fully saturated rings. The molecular formula is C10H17N. The SMILES string of the molecule is CCC=CCCCCCC#N. The molecule has 0 saturated heterocycles. The summed E-state index contributed by atoms with van der Waals surface area (Å²) in [6, 6.07) is 2.15. The van der Waals surface area contributed by atoms with E-state index in [2.05, 4.69) is 25.1 Å². The summed E-state index contributed by atoms with van der Waals surface area (Å²) in [6.07, 6.45) is 11.0. The van der Waals surface area contributed by atoms with Crippen LogP contribution in [0.3, 0.4) is 0 Å². The number of hydrogen-bond acceptors (Lipinski definition) is 1. The van der Waals surface area contributed by atoms with Crippen LogP contribution in [0.25, 0.3) is 0 Å². The maximum absolute atomic E-state index is 8.24. The van der Waals surface area contributed by atoms with Crippen molar-refractivity contribution in [3.8, 4) is 6.07 Å². The Kier molecular flexibility index (Phi) is 8.58. The van der Waals surface area contributed by atoms with Crippen molar-refractivity contribution in [1.82, 2.24) is 0 Å². The van der Waals surface area contributed by atoms with Crippen molar-refractivity contribution < 1.29 is 0 Å². The first-order chi connectivity index (χ1) is 5.41. The third-order valence-corrected chi connectivity index (χ3v) is 1.56. The molecule has 0 atom stereocenters. The maximum atomic E-state index is 8.24. The highest BCUT2D eigenvalue weighted by Crippen LogP contribution is 2.02. The average Bonchev–Trinajstić information content (AvgIpc) is 2.03. The molecule has 0 aliphatic carbocycles. The zero-order chi connectivity index (χ0) is 8.36. The predicted molar refractivity (Wildman–Crippen MR) is 48.1 cm³/mol. The summed E-state index contributed by atoms with van der Waals surface area (Å²) in [7, 11) is 0. The smallest absolute Gasteiger partial charge is 0.0621 e. The molecule has 0 heterocycles. The Balaban J connectivity index is 2.91. The van der Waals surface area contributed by atoms with E-state index in [1.54, 1.807) is 0 Å². The highest BCUT2D eigenvalue weighted by molar-refractivity contribution is 4.79. The summed E-state index contributed by atoms with van der Waals surface area (Å²) in [5.74, 6) is 0. The molecule has 0 aromatic rings. The van der Waals surface area contributed by atoms with Crippen LogP contribution in [-0.4, -0.2) is 0 Å². The third kappa shape index (κ3) is 9.23. The number of rotatable bonds is 6. The number of nitrogens with zero attached hydrogens (tertiary/aromatic N) is 1. The second-order valence-electron chi connectivity index (χ2n) is 2.64.